The van der Waals surface area contributed by atoms with Crippen molar-refractivity contribution in [2.24, 2.45) is 0 Å². The molecule has 2 heterocycles. The standard InChI is InChI=1S/C18H13NO4S2/c1-2-9-19-16(20)15(25-18(19)24)10-11-7-8-14(23-11)12-5-3-4-6-13(12)17(21)22/h2-8,10H,1,9H2,(H,21,22)/p-1/b15-10-. The minimum absolute atomic E-state index is 0.0423. The van der Waals surface area contributed by atoms with Gasteiger partial charge in [-0.3, -0.25) is 9.69 Å². The van der Waals surface area contributed by atoms with Crippen molar-refractivity contribution in [1.82, 2.24) is 4.90 Å². The van der Waals surface area contributed by atoms with E-state index in [-0.39, 0.29) is 11.5 Å². The van der Waals surface area contributed by atoms with E-state index < -0.39 is 5.97 Å². The summed E-state index contributed by atoms with van der Waals surface area (Å²) in [5.41, 5.74) is 0.460. The first-order chi connectivity index (χ1) is 12.0. The molecule has 1 aromatic heterocycles. The molecule has 0 radical (unpaired) electrons. The Hall–Kier alpha value is -2.64. The van der Waals surface area contributed by atoms with E-state index in [1.54, 1.807) is 42.5 Å². The summed E-state index contributed by atoms with van der Waals surface area (Å²) in [5.74, 6) is -0.670. The first kappa shape index (κ1) is 17.2. The summed E-state index contributed by atoms with van der Waals surface area (Å²) in [6.07, 6.45) is 3.20. The van der Waals surface area contributed by atoms with Crippen LogP contribution in [0.3, 0.4) is 0 Å². The molecule has 0 aliphatic carbocycles. The van der Waals surface area contributed by atoms with Gasteiger partial charge in [0.15, 0.2) is 0 Å². The van der Waals surface area contributed by atoms with Gasteiger partial charge in [-0.15, -0.1) is 6.58 Å². The SMILES string of the molecule is C=CCN1C(=O)/C(=C/c2ccc(-c3ccccc3C(=O)[O-])o2)SC1=S. The largest absolute Gasteiger partial charge is 0.545 e. The molecular formula is C18H12NO4S2-. The number of carboxylic acids is 1. The van der Waals surface area contributed by atoms with E-state index in [9.17, 15) is 14.7 Å². The van der Waals surface area contributed by atoms with Gasteiger partial charge in [0.2, 0.25) is 0 Å². The van der Waals surface area contributed by atoms with E-state index in [1.807, 2.05) is 0 Å². The van der Waals surface area contributed by atoms with E-state index in [0.29, 0.717) is 32.9 Å². The fourth-order valence-corrected chi connectivity index (χ4v) is 3.62. The van der Waals surface area contributed by atoms with Crippen molar-refractivity contribution >= 4 is 46.3 Å². The number of carboxylic acid groups (broad SMARTS) is 1. The van der Waals surface area contributed by atoms with Crippen LogP contribution in [0.4, 0.5) is 0 Å². The summed E-state index contributed by atoms with van der Waals surface area (Å²) < 4.78 is 6.15. The van der Waals surface area contributed by atoms with Crippen LogP contribution in [0.1, 0.15) is 16.1 Å². The van der Waals surface area contributed by atoms with Gasteiger partial charge in [0.25, 0.3) is 5.91 Å². The second kappa shape index (κ2) is 7.08. The van der Waals surface area contributed by atoms with Crippen LogP contribution in [0, 0.1) is 0 Å². The molecule has 1 aliphatic heterocycles. The quantitative estimate of drug-likeness (QED) is 0.458. The Morgan fingerprint density at radius 1 is 1.32 bits per heavy atom. The molecule has 7 heteroatoms. The molecule has 0 unspecified atom stereocenters. The highest BCUT2D eigenvalue weighted by Gasteiger charge is 2.31. The average Bonchev–Trinajstić information content (AvgIpc) is 3.16. The lowest BCUT2D eigenvalue weighted by Gasteiger charge is -2.10. The van der Waals surface area contributed by atoms with Gasteiger partial charge in [-0.2, -0.15) is 0 Å². The van der Waals surface area contributed by atoms with E-state index in [1.165, 1.54) is 22.7 Å². The van der Waals surface area contributed by atoms with Gasteiger partial charge in [0.05, 0.1) is 10.9 Å². The fraction of sp³-hybridized carbons (Fsp3) is 0.0556. The third-order valence-electron chi connectivity index (χ3n) is 3.50. The maximum atomic E-state index is 12.3. The van der Waals surface area contributed by atoms with Crippen molar-refractivity contribution in [2.75, 3.05) is 6.54 Å². The van der Waals surface area contributed by atoms with E-state index in [0.717, 1.165) is 0 Å². The van der Waals surface area contributed by atoms with Crippen LogP contribution >= 0.6 is 24.0 Å². The van der Waals surface area contributed by atoms with Crippen LogP contribution in [0.2, 0.25) is 0 Å². The molecule has 0 atom stereocenters. The highest BCUT2D eigenvalue weighted by Crippen LogP contribution is 2.33. The molecule has 0 N–H and O–H groups in total. The number of aromatic carboxylic acids is 1. The van der Waals surface area contributed by atoms with Crippen molar-refractivity contribution in [1.29, 1.82) is 0 Å². The minimum Gasteiger partial charge on any atom is -0.545 e. The molecular weight excluding hydrogens is 358 g/mol. The van der Waals surface area contributed by atoms with Gasteiger partial charge in [-0.05, 0) is 12.1 Å². The molecule has 126 valence electrons. The third-order valence-corrected chi connectivity index (χ3v) is 4.88. The summed E-state index contributed by atoms with van der Waals surface area (Å²) in [7, 11) is 0. The van der Waals surface area contributed by atoms with Crippen molar-refractivity contribution in [3.05, 3.63) is 65.3 Å². The lowest BCUT2D eigenvalue weighted by molar-refractivity contribution is -0.254. The zero-order valence-electron chi connectivity index (χ0n) is 12.9. The second-order valence-electron chi connectivity index (χ2n) is 5.12. The number of amides is 1. The number of carbonyl (C=O) groups excluding carboxylic acids is 2. The number of thioether (sulfide) groups is 1. The number of nitrogens with zero attached hydrogens (tertiary/aromatic N) is 1. The topological polar surface area (TPSA) is 73.6 Å². The van der Waals surface area contributed by atoms with Crippen LogP contribution in [0.15, 0.2) is 58.4 Å². The highest BCUT2D eigenvalue weighted by atomic mass is 32.2. The Labute approximate surface area is 153 Å². The van der Waals surface area contributed by atoms with Crippen LogP contribution in [0.25, 0.3) is 17.4 Å². The highest BCUT2D eigenvalue weighted by molar-refractivity contribution is 8.26. The molecule has 0 bridgehead atoms. The molecule has 2 aromatic rings. The second-order valence-corrected chi connectivity index (χ2v) is 6.79. The van der Waals surface area contributed by atoms with Crippen LogP contribution in [-0.2, 0) is 4.79 Å². The Bertz CT molecular complexity index is 913. The number of hydrogen-bond acceptors (Lipinski definition) is 6. The molecule has 1 aliphatic rings. The van der Waals surface area contributed by atoms with Gasteiger partial charge in [-0.25, -0.2) is 0 Å². The summed E-state index contributed by atoms with van der Waals surface area (Å²) in [6, 6.07) is 9.73. The Morgan fingerprint density at radius 2 is 2.08 bits per heavy atom. The van der Waals surface area contributed by atoms with Crippen LogP contribution in [-0.4, -0.2) is 27.6 Å². The first-order valence-corrected chi connectivity index (χ1v) is 8.50. The molecule has 1 amide bonds. The number of benzene rings is 1. The number of hydrogen-bond donors (Lipinski definition) is 0. The van der Waals surface area contributed by atoms with Gasteiger partial charge < -0.3 is 14.3 Å². The van der Waals surface area contributed by atoms with Crippen molar-refractivity contribution in [3.63, 3.8) is 0 Å². The van der Waals surface area contributed by atoms with Gasteiger partial charge in [-0.1, -0.05) is 54.3 Å². The number of carbonyl (C=O) groups is 2. The maximum Gasteiger partial charge on any atom is 0.266 e. The first-order valence-electron chi connectivity index (χ1n) is 7.28. The molecule has 0 spiro atoms. The fourth-order valence-electron chi connectivity index (χ4n) is 2.37. The van der Waals surface area contributed by atoms with Gasteiger partial charge in [0, 0.05) is 23.7 Å². The van der Waals surface area contributed by atoms with Crippen molar-refractivity contribution < 1.29 is 19.1 Å². The lowest BCUT2D eigenvalue weighted by Crippen LogP contribution is -2.27. The normalized spacial score (nSPS) is 15.8. The monoisotopic (exact) mass is 370 g/mol. The lowest BCUT2D eigenvalue weighted by atomic mass is 10.1. The van der Waals surface area contributed by atoms with E-state index >= 15 is 0 Å². The molecule has 1 saturated heterocycles. The predicted molar refractivity (Wildman–Crippen MR) is 98.6 cm³/mol. The summed E-state index contributed by atoms with van der Waals surface area (Å²) in [5, 5.41) is 11.2. The Balaban J connectivity index is 1.91. The smallest absolute Gasteiger partial charge is 0.266 e. The van der Waals surface area contributed by atoms with Crippen LogP contribution in [0.5, 0.6) is 0 Å². The third kappa shape index (κ3) is 3.42. The molecule has 0 saturated carbocycles. The number of thiocarbonyl (C=S) groups is 1. The predicted octanol–water partition coefficient (Wildman–Crippen LogP) is 2.70. The molecule has 1 aromatic carbocycles. The van der Waals surface area contributed by atoms with Gasteiger partial charge >= 0.3 is 0 Å². The summed E-state index contributed by atoms with van der Waals surface area (Å²) >= 11 is 6.37. The summed E-state index contributed by atoms with van der Waals surface area (Å²) in [6.45, 7) is 3.96. The molecule has 25 heavy (non-hydrogen) atoms. The van der Waals surface area contributed by atoms with E-state index in [2.05, 4.69) is 6.58 Å². The minimum atomic E-state index is -1.28. The molecule has 1 fully saturated rings. The number of rotatable bonds is 5. The van der Waals surface area contributed by atoms with Crippen molar-refractivity contribution in [3.8, 4) is 11.3 Å². The average molecular weight is 370 g/mol. The molecule has 5 nitrogen and oxygen atoms in total. The Kier molecular flexibility index (Phi) is 4.87. The zero-order chi connectivity index (χ0) is 18.0. The molecule has 3 rings (SSSR count). The zero-order valence-corrected chi connectivity index (χ0v) is 14.6. The number of furan rings is 1. The van der Waals surface area contributed by atoms with Crippen molar-refractivity contribution in [2.45, 2.75) is 0 Å². The van der Waals surface area contributed by atoms with Crippen LogP contribution < -0.4 is 5.11 Å². The Morgan fingerprint density at radius 3 is 2.80 bits per heavy atom. The van der Waals surface area contributed by atoms with E-state index in [4.69, 9.17) is 16.6 Å². The van der Waals surface area contributed by atoms with Gasteiger partial charge in [0.1, 0.15) is 15.8 Å². The maximum absolute atomic E-state index is 12.3. The summed E-state index contributed by atoms with van der Waals surface area (Å²) in [4.78, 5) is 25.4.